The van der Waals surface area contributed by atoms with Crippen molar-refractivity contribution >= 4 is 23.6 Å². The number of nitrogens with zero attached hydrogens (tertiary/aromatic N) is 1. The number of nitro groups is 1. The van der Waals surface area contributed by atoms with Crippen LogP contribution in [0.4, 0.5) is 5.69 Å². The van der Waals surface area contributed by atoms with Gasteiger partial charge in [0.15, 0.2) is 0 Å². The standard InChI is InChI=1S/C21H30N2O8/c1-20(2,3)30-18(25)16(19(26)31-21(4,5)6)22-15(17(24)29-7)12-13-8-10-14(11-9-13)23(27)28/h8-11,15-16,22H,12H2,1-7H3/t15-/m0/s1. The Bertz CT molecular complexity index is 778. The summed E-state index contributed by atoms with van der Waals surface area (Å²) in [5.74, 6) is -2.53. The highest BCUT2D eigenvalue weighted by atomic mass is 16.6. The smallest absolute Gasteiger partial charge is 0.335 e. The van der Waals surface area contributed by atoms with Gasteiger partial charge in [0, 0.05) is 12.1 Å². The topological polar surface area (TPSA) is 134 Å². The highest BCUT2D eigenvalue weighted by molar-refractivity contribution is 6.00. The zero-order valence-electron chi connectivity index (χ0n) is 18.9. The van der Waals surface area contributed by atoms with Gasteiger partial charge in [0.1, 0.15) is 17.2 Å². The molecule has 0 saturated heterocycles. The van der Waals surface area contributed by atoms with Gasteiger partial charge in [-0.25, -0.2) is 9.59 Å². The molecule has 1 rings (SSSR count). The average Bonchev–Trinajstić information content (AvgIpc) is 2.61. The molecule has 172 valence electrons. The number of methoxy groups -OCH3 is 1. The van der Waals surface area contributed by atoms with Crippen LogP contribution in [0, 0.1) is 10.1 Å². The molecule has 0 aliphatic carbocycles. The number of carbonyl (C=O) groups excluding carboxylic acids is 3. The Labute approximate surface area is 181 Å². The van der Waals surface area contributed by atoms with Crippen molar-refractivity contribution in [3.63, 3.8) is 0 Å². The summed E-state index contributed by atoms with van der Waals surface area (Å²) in [6, 6.07) is 2.85. The number of non-ortho nitro benzene ring substituents is 1. The van der Waals surface area contributed by atoms with E-state index in [1.165, 1.54) is 31.4 Å². The molecule has 0 fully saturated rings. The van der Waals surface area contributed by atoms with Crippen LogP contribution in [-0.4, -0.2) is 53.2 Å². The first-order chi connectivity index (χ1) is 14.1. The van der Waals surface area contributed by atoms with E-state index in [4.69, 9.17) is 14.2 Å². The number of rotatable bonds is 8. The highest BCUT2D eigenvalue weighted by Crippen LogP contribution is 2.16. The number of hydrogen-bond donors (Lipinski definition) is 1. The summed E-state index contributed by atoms with van der Waals surface area (Å²) in [5.41, 5.74) is -1.30. The molecule has 0 unspecified atom stereocenters. The molecule has 0 spiro atoms. The molecule has 10 nitrogen and oxygen atoms in total. The highest BCUT2D eigenvalue weighted by Gasteiger charge is 2.38. The van der Waals surface area contributed by atoms with Crippen molar-refractivity contribution in [2.45, 2.75) is 71.2 Å². The zero-order valence-corrected chi connectivity index (χ0v) is 18.9. The minimum absolute atomic E-state index is 0.00671. The van der Waals surface area contributed by atoms with Crippen LogP contribution in [0.25, 0.3) is 0 Å². The van der Waals surface area contributed by atoms with Gasteiger partial charge >= 0.3 is 17.9 Å². The Balaban J connectivity index is 3.17. The SMILES string of the molecule is COC(=O)[C@H](Cc1ccc([N+](=O)[O-])cc1)NC(C(=O)OC(C)(C)C)C(=O)OC(C)(C)C. The Kier molecular flexibility index (Phi) is 8.68. The third kappa shape index (κ3) is 9.12. The maximum absolute atomic E-state index is 12.7. The third-order valence-corrected chi connectivity index (χ3v) is 3.73. The van der Waals surface area contributed by atoms with Gasteiger partial charge < -0.3 is 14.2 Å². The second-order valence-electron chi connectivity index (χ2n) is 8.87. The lowest BCUT2D eigenvalue weighted by Gasteiger charge is -2.28. The Morgan fingerprint density at radius 2 is 1.39 bits per heavy atom. The van der Waals surface area contributed by atoms with Crippen molar-refractivity contribution in [1.29, 1.82) is 0 Å². The molecule has 10 heteroatoms. The molecule has 0 saturated carbocycles. The third-order valence-electron chi connectivity index (χ3n) is 3.73. The van der Waals surface area contributed by atoms with Crippen molar-refractivity contribution in [3.8, 4) is 0 Å². The van der Waals surface area contributed by atoms with E-state index in [1.54, 1.807) is 41.5 Å². The molecule has 1 aromatic rings. The molecule has 0 bridgehead atoms. The zero-order chi connectivity index (χ0) is 24.0. The Morgan fingerprint density at radius 1 is 0.935 bits per heavy atom. The lowest BCUT2D eigenvalue weighted by molar-refractivity contribution is -0.384. The monoisotopic (exact) mass is 438 g/mol. The van der Waals surface area contributed by atoms with Crippen molar-refractivity contribution in [1.82, 2.24) is 5.32 Å². The second-order valence-corrected chi connectivity index (χ2v) is 8.87. The van der Waals surface area contributed by atoms with E-state index < -0.39 is 46.1 Å². The molecule has 0 amide bonds. The van der Waals surface area contributed by atoms with E-state index in [0.29, 0.717) is 5.56 Å². The summed E-state index contributed by atoms with van der Waals surface area (Å²) in [7, 11) is 1.17. The minimum atomic E-state index is -1.58. The van der Waals surface area contributed by atoms with E-state index in [0.717, 1.165) is 0 Å². The van der Waals surface area contributed by atoms with Crippen molar-refractivity contribution in [3.05, 3.63) is 39.9 Å². The molecule has 1 aromatic carbocycles. The van der Waals surface area contributed by atoms with E-state index in [1.807, 2.05) is 0 Å². The lowest BCUT2D eigenvalue weighted by atomic mass is 10.0. The van der Waals surface area contributed by atoms with Crippen LogP contribution in [0.1, 0.15) is 47.1 Å². The fourth-order valence-corrected chi connectivity index (χ4v) is 2.50. The van der Waals surface area contributed by atoms with E-state index in [2.05, 4.69) is 5.32 Å². The number of esters is 3. The van der Waals surface area contributed by atoms with Crippen LogP contribution >= 0.6 is 0 Å². The Morgan fingerprint density at radius 3 is 1.74 bits per heavy atom. The lowest BCUT2D eigenvalue weighted by Crippen LogP contribution is -2.55. The van der Waals surface area contributed by atoms with Gasteiger partial charge in [0.2, 0.25) is 6.04 Å². The van der Waals surface area contributed by atoms with E-state index in [9.17, 15) is 24.5 Å². The molecule has 1 atom stereocenters. The van der Waals surface area contributed by atoms with Crippen LogP contribution in [0.5, 0.6) is 0 Å². The van der Waals surface area contributed by atoms with E-state index >= 15 is 0 Å². The van der Waals surface area contributed by atoms with Gasteiger partial charge in [-0.3, -0.25) is 20.2 Å². The molecular formula is C21H30N2O8. The molecule has 0 aromatic heterocycles. The first kappa shape index (κ1) is 26.0. The first-order valence-corrected chi connectivity index (χ1v) is 9.66. The van der Waals surface area contributed by atoms with E-state index in [-0.39, 0.29) is 12.1 Å². The van der Waals surface area contributed by atoms with Crippen LogP contribution in [0.2, 0.25) is 0 Å². The number of hydrogen-bond acceptors (Lipinski definition) is 9. The fourth-order valence-electron chi connectivity index (χ4n) is 2.50. The van der Waals surface area contributed by atoms with Crippen molar-refractivity contribution in [2.24, 2.45) is 0 Å². The molecule has 0 radical (unpaired) electrons. The van der Waals surface area contributed by atoms with Crippen LogP contribution in [-0.2, 0) is 35.0 Å². The quantitative estimate of drug-likeness (QED) is 0.213. The largest absolute Gasteiger partial charge is 0.468 e. The minimum Gasteiger partial charge on any atom is -0.468 e. The predicted molar refractivity (Wildman–Crippen MR) is 111 cm³/mol. The second kappa shape index (κ2) is 10.3. The molecule has 0 aliphatic rings. The molecule has 0 aliphatic heterocycles. The predicted octanol–water partition coefficient (Wildman–Crippen LogP) is 2.32. The average molecular weight is 438 g/mol. The normalized spacial score (nSPS) is 12.8. The van der Waals surface area contributed by atoms with Crippen LogP contribution in [0.3, 0.4) is 0 Å². The van der Waals surface area contributed by atoms with Gasteiger partial charge in [-0.1, -0.05) is 12.1 Å². The van der Waals surface area contributed by atoms with Crippen LogP contribution < -0.4 is 5.32 Å². The number of nitro benzene ring substituents is 1. The number of benzene rings is 1. The summed E-state index contributed by atoms with van der Waals surface area (Å²) in [6.45, 7) is 9.87. The maximum Gasteiger partial charge on any atom is 0.335 e. The van der Waals surface area contributed by atoms with Gasteiger partial charge in [-0.05, 0) is 53.5 Å². The van der Waals surface area contributed by atoms with Gasteiger partial charge in [-0.15, -0.1) is 0 Å². The van der Waals surface area contributed by atoms with Crippen molar-refractivity contribution in [2.75, 3.05) is 7.11 Å². The molecule has 0 heterocycles. The fraction of sp³-hybridized carbons (Fsp3) is 0.571. The maximum atomic E-state index is 12.7. The first-order valence-electron chi connectivity index (χ1n) is 9.66. The van der Waals surface area contributed by atoms with Gasteiger partial charge in [-0.2, -0.15) is 0 Å². The Hall–Kier alpha value is -3.01. The summed E-state index contributed by atoms with van der Waals surface area (Å²) < 4.78 is 15.4. The number of nitrogens with one attached hydrogen (secondary N) is 1. The summed E-state index contributed by atoms with van der Waals surface area (Å²) in [5, 5.41) is 13.5. The van der Waals surface area contributed by atoms with Gasteiger partial charge in [0.25, 0.3) is 5.69 Å². The van der Waals surface area contributed by atoms with Crippen LogP contribution in [0.15, 0.2) is 24.3 Å². The molecule has 1 N–H and O–H groups in total. The number of ether oxygens (including phenoxy) is 3. The summed E-state index contributed by atoms with van der Waals surface area (Å²) >= 11 is 0. The van der Waals surface area contributed by atoms with Crippen molar-refractivity contribution < 1.29 is 33.5 Å². The summed E-state index contributed by atoms with van der Waals surface area (Å²) in [6.07, 6.45) is 0.00671. The summed E-state index contributed by atoms with van der Waals surface area (Å²) in [4.78, 5) is 48.0. The number of carbonyl (C=O) groups is 3. The molecule has 31 heavy (non-hydrogen) atoms. The molecular weight excluding hydrogens is 408 g/mol. The van der Waals surface area contributed by atoms with Gasteiger partial charge in [0.05, 0.1) is 12.0 Å².